The summed E-state index contributed by atoms with van der Waals surface area (Å²) in [5.74, 6) is -0.954. The second-order valence-electron chi connectivity index (χ2n) is 21.3. The van der Waals surface area contributed by atoms with Gasteiger partial charge in [-0.1, -0.05) is 291 Å². The topological polar surface area (TPSA) is 78.9 Å². The molecule has 6 heteroatoms. The molecule has 0 N–H and O–H groups in total. The Labute approximate surface area is 476 Å². The fourth-order valence-electron chi connectivity index (χ4n) is 8.93. The van der Waals surface area contributed by atoms with Crippen molar-refractivity contribution in [1.29, 1.82) is 0 Å². The van der Waals surface area contributed by atoms with Gasteiger partial charge < -0.3 is 14.2 Å². The summed E-state index contributed by atoms with van der Waals surface area (Å²) in [7, 11) is 0. The highest BCUT2D eigenvalue weighted by Gasteiger charge is 2.19. The van der Waals surface area contributed by atoms with E-state index in [1.165, 1.54) is 161 Å². The molecule has 0 radical (unpaired) electrons. The van der Waals surface area contributed by atoms with Gasteiger partial charge in [-0.05, 0) is 103 Å². The van der Waals surface area contributed by atoms with Crippen LogP contribution in [0.4, 0.5) is 0 Å². The molecule has 0 rings (SSSR count). The van der Waals surface area contributed by atoms with Crippen LogP contribution < -0.4 is 0 Å². The van der Waals surface area contributed by atoms with Crippen LogP contribution in [0, 0.1) is 0 Å². The third-order valence-corrected chi connectivity index (χ3v) is 13.8. The maximum absolute atomic E-state index is 12.9. The van der Waals surface area contributed by atoms with E-state index in [1.807, 2.05) is 0 Å². The van der Waals surface area contributed by atoms with Gasteiger partial charge in [-0.15, -0.1) is 0 Å². The molecule has 1 unspecified atom stereocenters. The van der Waals surface area contributed by atoms with Gasteiger partial charge in [0.25, 0.3) is 0 Å². The Bertz CT molecular complexity index is 1560. The molecule has 6 nitrogen and oxygen atoms in total. The highest BCUT2D eigenvalue weighted by molar-refractivity contribution is 5.71. The molecule has 0 bridgehead atoms. The van der Waals surface area contributed by atoms with Crippen LogP contribution in [0.1, 0.15) is 303 Å². The van der Waals surface area contributed by atoms with Crippen LogP contribution in [-0.2, 0) is 28.6 Å². The van der Waals surface area contributed by atoms with Gasteiger partial charge in [0.2, 0.25) is 0 Å². The van der Waals surface area contributed by atoms with Crippen molar-refractivity contribution in [2.45, 2.75) is 309 Å². The van der Waals surface area contributed by atoms with Crippen LogP contribution >= 0.6 is 0 Å². The molecule has 77 heavy (non-hydrogen) atoms. The summed E-state index contributed by atoms with van der Waals surface area (Å²) in [6, 6.07) is 0. The van der Waals surface area contributed by atoms with E-state index in [1.54, 1.807) is 0 Å². The maximum Gasteiger partial charge on any atom is 0.306 e. The van der Waals surface area contributed by atoms with Crippen molar-refractivity contribution in [3.05, 3.63) is 109 Å². The van der Waals surface area contributed by atoms with Gasteiger partial charge in [0.1, 0.15) is 13.2 Å². The van der Waals surface area contributed by atoms with E-state index in [9.17, 15) is 14.4 Å². The van der Waals surface area contributed by atoms with E-state index in [-0.39, 0.29) is 37.5 Å². The quantitative estimate of drug-likeness (QED) is 0.0261. The lowest BCUT2D eigenvalue weighted by Gasteiger charge is -2.18. The lowest BCUT2D eigenvalue weighted by atomic mass is 10.0. The Morgan fingerprint density at radius 2 is 0.519 bits per heavy atom. The van der Waals surface area contributed by atoms with Crippen LogP contribution in [0.2, 0.25) is 0 Å². The number of rotatable bonds is 58. The third-order valence-electron chi connectivity index (χ3n) is 13.8. The van der Waals surface area contributed by atoms with E-state index in [0.29, 0.717) is 19.3 Å². The summed E-state index contributed by atoms with van der Waals surface area (Å²) in [6.07, 6.45) is 88.2. The van der Waals surface area contributed by atoms with Crippen molar-refractivity contribution in [2.24, 2.45) is 0 Å². The van der Waals surface area contributed by atoms with Gasteiger partial charge in [-0.3, -0.25) is 14.4 Å². The van der Waals surface area contributed by atoms with Crippen LogP contribution in [0.5, 0.6) is 0 Å². The first-order valence-electron chi connectivity index (χ1n) is 32.4. The highest BCUT2D eigenvalue weighted by atomic mass is 16.6. The largest absolute Gasteiger partial charge is 0.462 e. The van der Waals surface area contributed by atoms with Crippen molar-refractivity contribution in [1.82, 2.24) is 0 Å². The molecule has 0 aliphatic rings. The standard InChI is InChI=1S/C71H120O6/c1-4-7-10-13-16-19-22-24-26-28-30-32-34-35-37-38-40-42-44-46-49-52-55-58-61-64-70(73)76-67-68(66-75-69(72)63-60-57-54-51-48-21-18-15-12-9-6-3)77-71(74)65-62-59-56-53-50-47-45-43-41-39-36-33-31-29-27-25-23-20-17-14-11-8-5-2/h8,11,17,20,22,24-25,27-28,30-31,33,39,41,45,47,53,56,68H,4-7,9-10,12-16,18-19,21,23,26,29,32,34-38,40,42-44,46,48-52,54-55,57-67H2,1-3H3/b11-8-,20-17-,24-22-,27-25-,30-28-,33-31-,41-39-,47-45-,56-53-. The first kappa shape index (κ1) is 73.1. The average molecular weight is 1070 g/mol. The minimum atomic E-state index is -0.809. The summed E-state index contributed by atoms with van der Waals surface area (Å²) in [5, 5.41) is 0. The summed E-state index contributed by atoms with van der Waals surface area (Å²) >= 11 is 0. The SMILES string of the molecule is CC/C=C\C/C=C\C/C=C\C/C=C\C/C=C\C/C=C\C/C=C\CCCC(=O)OC(COC(=O)CCCCCCCCCCCCC)COC(=O)CCCCCCCCCCCCCCC/C=C\C/C=C\CCCCCCC. The number of carbonyl (C=O) groups is 3. The molecule has 0 fully saturated rings. The van der Waals surface area contributed by atoms with E-state index < -0.39 is 6.10 Å². The number of allylic oxidation sites excluding steroid dienone is 18. The van der Waals surface area contributed by atoms with Crippen LogP contribution in [-0.4, -0.2) is 37.2 Å². The first-order valence-corrected chi connectivity index (χ1v) is 32.4. The molecule has 0 saturated carbocycles. The van der Waals surface area contributed by atoms with Gasteiger partial charge in [0.05, 0.1) is 0 Å². The predicted octanol–water partition coefficient (Wildman–Crippen LogP) is 22.2. The van der Waals surface area contributed by atoms with Crippen molar-refractivity contribution in [3.8, 4) is 0 Å². The zero-order valence-corrected chi connectivity index (χ0v) is 50.4. The lowest BCUT2D eigenvalue weighted by molar-refractivity contribution is -0.167. The minimum absolute atomic E-state index is 0.0998. The molecule has 0 aliphatic carbocycles. The molecule has 0 amide bonds. The molecule has 0 heterocycles. The van der Waals surface area contributed by atoms with E-state index in [0.717, 1.165) is 96.3 Å². The zero-order valence-electron chi connectivity index (χ0n) is 50.4. The molecule has 0 aliphatic heterocycles. The molecular formula is C71H120O6. The number of hydrogen-bond acceptors (Lipinski definition) is 6. The number of ether oxygens (including phenoxy) is 3. The van der Waals surface area contributed by atoms with Crippen LogP contribution in [0.15, 0.2) is 109 Å². The summed E-state index contributed by atoms with van der Waals surface area (Å²) in [4.78, 5) is 38.2. The second-order valence-corrected chi connectivity index (χ2v) is 21.3. The Balaban J connectivity index is 4.37. The van der Waals surface area contributed by atoms with Crippen molar-refractivity contribution < 1.29 is 28.6 Å². The molecule has 0 aromatic heterocycles. The second kappa shape index (κ2) is 64.6. The predicted molar refractivity (Wildman–Crippen MR) is 334 cm³/mol. The molecular weight excluding hydrogens is 949 g/mol. The number of carbonyl (C=O) groups excluding carboxylic acids is 3. The minimum Gasteiger partial charge on any atom is -0.462 e. The highest BCUT2D eigenvalue weighted by Crippen LogP contribution is 2.16. The molecule has 440 valence electrons. The van der Waals surface area contributed by atoms with Crippen LogP contribution in [0.25, 0.3) is 0 Å². The van der Waals surface area contributed by atoms with Gasteiger partial charge in [-0.2, -0.15) is 0 Å². The maximum atomic E-state index is 12.9. The number of hydrogen-bond donors (Lipinski definition) is 0. The van der Waals surface area contributed by atoms with E-state index >= 15 is 0 Å². The summed E-state index contributed by atoms with van der Waals surface area (Å²) in [6.45, 7) is 6.48. The van der Waals surface area contributed by atoms with Gasteiger partial charge in [0, 0.05) is 19.3 Å². The molecule has 0 saturated heterocycles. The summed E-state index contributed by atoms with van der Waals surface area (Å²) < 4.78 is 16.9. The van der Waals surface area contributed by atoms with Crippen LogP contribution in [0.3, 0.4) is 0 Å². The Kier molecular flexibility index (Phi) is 61.3. The lowest BCUT2D eigenvalue weighted by Crippen LogP contribution is -2.30. The molecule has 0 aromatic carbocycles. The third kappa shape index (κ3) is 62.8. The Morgan fingerprint density at radius 3 is 0.831 bits per heavy atom. The average Bonchev–Trinajstić information content (AvgIpc) is 3.43. The van der Waals surface area contributed by atoms with Gasteiger partial charge >= 0.3 is 17.9 Å². The normalized spacial score (nSPS) is 12.8. The first-order chi connectivity index (χ1) is 38.0. The Morgan fingerprint density at radius 1 is 0.273 bits per heavy atom. The number of unbranched alkanes of at least 4 members (excludes halogenated alkanes) is 29. The van der Waals surface area contributed by atoms with Crippen molar-refractivity contribution in [2.75, 3.05) is 13.2 Å². The molecule has 0 aromatic rings. The summed E-state index contributed by atoms with van der Waals surface area (Å²) in [5.41, 5.74) is 0. The molecule has 0 spiro atoms. The number of esters is 3. The zero-order chi connectivity index (χ0) is 55.7. The van der Waals surface area contributed by atoms with Gasteiger partial charge in [-0.25, -0.2) is 0 Å². The monoisotopic (exact) mass is 1070 g/mol. The van der Waals surface area contributed by atoms with Crippen molar-refractivity contribution in [3.63, 3.8) is 0 Å². The van der Waals surface area contributed by atoms with E-state index in [4.69, 9.17) is 14.2 Å². The fraction of sp³-hybridized carbons (Fsp3) is 0.704. The van der Waals surface area contributed by atoms with Gasteiger partial charge in [0.15, 0.2) is 6.10 Å². The Hall–Kier alpha value is -3.93. The fourth-order valence-corrected chi connectivity index (χ4v) is 8.93. The smallest absolute Gasteiger partial charge is 0.306 e. The van der Waals surface area contributed by atoms with Crippen molar-refractivity contribution >= 4 is 17.9 Å². The molecule has 1 atom stereocenters. The van der Waals surface area contributed by atoms with E-state index in [2.05, 4.69) is 130 Å².